The minimum absolute atomic E-state index is 0.101. The molecule has 0 radical (unpaired) electrons. The summed E-state index contributed by atoms with van der Waals surface area (Å²) in [7, 11) is -3.60. The third-order valence-corrected chi connectivity index (χ3v) is 9.04. The average Bonchev–Trinajstić information content (AvgIpc) is 3.62. The number of aromatic nitrogens is 5. The summed E-state index contributed by atoms with van der Waals surface area (Å²) in [6.45, 7) is 10.7. The summed E-state index contributed by atoms with van der Waals surface area (Å²) in [4.78, 5) is 22.1. The third-order valence-electron chi connectivity index (χ3n) is 8.45. The van der Waals surface area contributed by atoms with Crippen molar-refractivity contribution in [3.05, 3.63) is 59.2 Å². The number of nitrogens with one attached hydrogen (secondary N) is 2. The summed E-state index contributed by atoms with van der Waals surface area (Å²) in [5.41, 5.74) is 2.46. The molecule has 2 aromatic heterocycles. The quantitative estimate of drug-likeness (QED) is 0.321. The van der Waals surface area contributed by atoms with E-state index in [1.54, 1.807) is 10.7 Å². The van der Waals surface area contributed by atoms with Gasteiger partial charge in [0.1, 0.15) is 18.6 Å². The molecule has 15 nitrogen and oxygen atoms in total. The van der Waals surface area contributed by atoms with Crippen molar-refractivity contribution in [2.75, 3.05) is 42.8 Å². The van der Waals surface area contributed by atoms with Crippen molar-refractivity contribution in [1.82, 2.24) is 34.9 Å². The van der Waals surface area contributed by atoms with E-state index in [0.717, 1.165) is 41.4 Å². The van der Waals surface area contributed by atoms with Gasteiger partial charge in [0.2, 0.25) is 5.95 Å². The van der Waals surface area contributed by atoms with Gasteiger partial charge in [0.05, 0.1) is 50.4 Å². The van der Waals surface area contributed by atoms with Crippen LogP contribution in [0.5, 0.6) is 0 Å². The standard InChI is InChI=1S/C31H43N9O6S/c1-21-19-44-16-14-38(21)30-35-34-27-12-13-37(20-39(27)30)46-25-11-10-24(22-8-6-7-9-23(22)25)32-29(41)33-28-18-26(31(2,3)4)36-40(28)15-17-45-47(5,42)43/h6-9,12-13,18,21,24-25H,10-11,14-17,19-20H2,1-5H3,(H2,32,33,41)/t21-,24-,25+/m0/s1. The number of morpholine rings is 1. The number of amides is 2. The van der Waals surface area contributed by atoms with Crippen molar-refractivity contribution >= 4 is 34.0 Å². The molecule has 1 saturated heterocycles. The van der Waals surface area contributed by atoms with Gasteiger partial charge in [-0.15, -0.1) is 10.2 Å². The molecule has 3 aromatic rings. The van der Waals surface area contributed by atoms with Gasteiger partial charge in [-0.2, -0.15) is 13.5 Å². The monoisotopic (exact) mass is 669 g/mol. The van der Waals surface area contributed by atoms with Crippen LogP contribution in [0, 0.1) is 0 Å². The molecule has 2 amide bonds. The van der Waals surface area contributed by atoms with Crippen molar-refractivity contribution in [2.24, 2.45) is 0 Å². The number of fused-ring (bicyclic) bond motifs is 2. The summed E-state index contributed by atoms with van der Waals surface area (Å²) < 4.78 is 37.1. The van der Waals surface area contributed by atoms with Crippen LogP contribution >= 0.6 is 0 Å². The number of rotatable bonds is 9. The molecule has 0 unspecified atom stereocenters. The summed E-state index contributed by atoms with van der Waals surface area (Å²) >= 11 is 0. The van der Waals surface area contributed by atoms with Crippen LogP contribution in [0.3, 0.4) is 0 Å². The van der Waals surface area contributed by atoms with Gasteiger partial charge < -0.3 is 15.0 Å². The molecule has 254 valence electrons. The van der Waals surface area contributed by atoms with Crippen molar-refractivity contribution in [3.63, 3.8) is 0 Å². The van der Waals surface area contributed by atoms with Crippen LogP contribution in [0.1, 0.15) is 75.3 Å². The van der Waals surface area contributed by atoms with Gasteiger partial charge in [0.15, 0.2) is 5.82 Å². The van der Waals surface area contributed by atoms with Crippen molar-refractivity contribution in [2.45, 2.75) is 77.4 Å². The van der Waals surface area contributed by atoms with Crippen LogP contribution in [0.25, 0.3) is 6.08 Å². The Hall–Kier alpha value is -3.99. The van der Waals surface area contributed by atoms with E-state index in [9.17, 15) is 13.2 Å². The Labute approximate surface area is 274 Å². The van der Waals surface area contributed by atoms with E-state index in [0.29, 0.717) is 38.5 Å². The lowest BCUT2D eigenvalue weighted by atomic mass is 9.86. The molecule has 2 N–H and O–H groups in total. The number of ether oxygens (including phenoxy) is 1. The lowest BCUT2D eigenvalue weighted by Crippen LogP contribution is -2.45. The topological polar surface area (TPSA) is 158 Å². The van der Waals surface area contributed by atoms with Gasteiger partial charge in [-0.1, -0.05) is 45.0 Å². The lowest BCUT2D eigenvalue weighted by molar-refractivity contribution is -0.190. The Morgan fingerprint density at radius 1 is 1.15 bits per heavy atom. The molecule has 0 spiro atoms. The summed E-state index contributed by atoms with van der Waals surface area (Å²) in [6, 6.07) is 9.35. The second-order valence-corrected chi connectivity index (χ2v) is 14.8. The number of urea groups is 1. The first-order valence-electron chi connectivity index (χ1n) is 15.8. The first kappa shape index (κ1) is 32.9. The number of hydrogen-bond donors (Lipinski definition) is 2. The molecule has 4 heterocycles. The fourth-order valence-electron chi connectivity index (χ4n) is 6.02. The Balaban J connectivity index is 1.12. The van der Waals surface area contributed by atoms with E-state index in [2.05, 4.69) is 37.8 Å². The number of nitrogens with zero attached hydrogens (tertiary/aromatic N) is 7. The van der Waals surface area contributed by atoms with Crippen LogP contribution in [0.4, 0.5) is 16.6 Å². The van der Waals surface area contributed by atoms with E-state index < -0.39 is 16.1 Å². The van der Waals surface area contributed by atoms with Gasteiger partial charge in [-0.25, -0.2) is 14.5 Å². The zero-order valence-electron chi connectivity index (χ0n) is 27.4. The van der Waals surface area contributed by atoms with Gasteiger partial charge in [0, 0.05) is 30.3 Å². The van der Waals surface area contributed by atoms with Gasteiger partial charge in [-0.3, -0.25) is 18.9 Å². The normalized spacial score (nSPS) is 21.3. The fraction of sp³-hybridized carbons (Fsp3) is 0.548. The maximum atomic E-state index is 13.3. The number of hydrogen-bond acceptors (Lipinski definition) is 11. The maximum absolute atomic E-state index is 13.3. The van der Waals surface area contributed by atoms with Crippen LogP contribution in [-0.2, 0) is 42.5 Å². The van der Waals surface area contributed by atoms with E-state index in [4.69, 9.17) is 13.8 Å². The highest BCUT2D eigenvalue weighted by Gasteiger charge is 2.32. The van der Waals surface area contributed by atoms with Crippen LogP contribution in [0.2, 0.25) is 0 Å². The average molecular weight is 670 g/mol. The molecule has 3 aliphatic rings. The Morgan fingerprint density at radius 2 is 1.94 bits per heavy atom. The fourth-order valence-corrected chi connectivity index (χ4v) is 6.40. The number of hydroxylamine groups is 2. The summed E-state index contributed by atoms with van der Waals surface area (Å²) in [5.74, 6) is 2.02. The molecule has 0 bridgehead atoms. The SMILES string of the molecule is C[C@H]1COCCN1c1nnc2n1CN(O[C@@H]1CC[C@H](NC(=O)Nc3cc(C(C)(C)C)nn3CCOS(C)(=O)=O)c3ccccc31)C=C2. The van der Waals surface area contributed by atoms with Gasteiger partial charge >= 0.3 is 6.03 Å². The summed E-state index contributed by atoms with van der Waals surface area (Å²) in [5, 5.41) is 21.3. The lowest BCUT2D eigenvalue weighted by Gasteiger charge is -2.37. The molecule has 3 atom stereocenters. The third kappa shape index (κ3) is 7.61. The van der Waals surface area contributed by atoms with Crippen LogP contribution in [0.15, 0.2) is 36.5 Å². The summed E-state index contributed by atoms with van der Waals surface area (Å²) in [6.07, 6.45) is 5.91. The zero-order valence-corrected chi connectivity index (χ0v) is 28.2. The first-order valence-corrected chi connectivity index (χ1v) is 17.7. The second-order valence-electron chi connectivity index (χ2n) is 13.1. The Bertz CT molecular complexity index is 1730. The largest absolute Gasteiger partial charge is 0.377 e. The molecular formula is C31H43N9O6S. The number of carbonyl (C=O) groups excluding carboxylic acids is 1. The first-order chi connectivity index (χ1) is 22.4. The zero-order chi connectivity index (χ0) is 33.3. The number of anilines is 2. The molecule has 1 aromatic carbocycles. The molecule has 1 aliphatic carbocycles. The Kier molecular flexibility index (Phi) is 9.29. The molecule has 0 saturated carbocycles. The van der Waals surface area contributed by atoms with E-state index >= 15 is 0 Å². The van der Waals surface area contributed by atoms with Crippen molar-refractivity contribution in [1.29, 1.82) is 0 Å². The van der Waals surface area contributed by atoms with Gasteiger partial charge in [-0.05, 0) is 30.9 Å². The van der Waals surface area contributed by atoms with Crippen molar-refractivity contribution in [3.8, 4) is 0 Å². The highest BCUT2D eigenvalue weighted by molar-refractivity contribution is 7.85. The number of benzene rings is 1. The van der Waals surface area contributed by atoms with Crippen LogP contribution < -0.4 is 15.5 Å². The van der Waals surface area contributed by atoms with Crippen LogP contribution in [-0.4, -0.2) is 82.7 Å². The minimum Gasteiger partial charge on any atom is -0.377 e. The Morgan fingerprint density at radius 3 is 2.68 bits per heavy atom. The molecule has 47 heavy (non-hydrogen) atoms. The van der Waals surface area contributed by atoms with E-state index in [-0.39, 0.29) is 36.8 Å². The highest BCUT2D eigenvalue weighted by Crippen LogP contribution is 2.39. The number of carbonyl (C=O) groups is 1. The molecule has 16 heteroatoms. The van der Waals surface area contributed by atoms with E-state index in [1.165, 1.54) is 0 Å². The molecule has 1 fully saturated rings. The molecule has 2 aliphatic heterocycles. The molecule has 6 rings (SSSR count). The second kappa shape index (κ2) is 13.3. The highest BCUT2D eigenvalue weighted by atomic mass is 32.2. The van der Waals surface area contributed by atoms with Crippen molar-refractivity contribution < 1.29 is 27.0 Å². The smallest absolute Gasteiger partial charge is 0.320 e. The predicted molar refractivity (Wildman–Crippen MR) is 175 cm³/mol. The van der Waals surface area contributed by atoms with E-state index in [1.807, 2.05) is 66.9 Å². The maximum Gasteiger partial charge on any atom is 0.320 e. The predicted octanol–water partition coefficient (Wildman–Crippen LogP) is 3.55. The minimum atomic E-state index is -3.60. The van der Waals surface area contributed by atoms with Gasteiger partial charge in [0.25, 0.3) is 10.1 Å². The molecular weight excluding hydrogens is 626 g/mol.